The molecule has 10 nitrogen and oxygen atoms in total. The third-order valence-corrected chi connectivity index (χ3v) is 6.43. The number of nitrogens with zero attached hydrogens (tertiary/aromatic N) is 3. The van der Waals surface area contributed by atoms with Gasteiger partial charge in [0.2, 0.25) is 0 Å². The molecule has 2 aromatic heterocycles. The Balaban J connectivity index is 1.31. The number of aromatic nitrogens is 4. The summed E-state index contributed by atoms with van der Waals surface area (Å²) in [5, 5.41) is 8.84. The van der Waals surface area contributed by atoms with Gasteiger partial charge in [-0.05, 0) is 57.5 Å². The highest BCUT2D eigenvalue weighted by molar-refractivity contribution is 5.98. The normalized spacial score (nSPS) is 11.4. The number of nitrogens with one attached hydrogen (secondary N) is 5. The van der Waals surface area contributed by atoms with Crippen LogP contribution >= 0.6 is 0 Å². The van der Waals surface area contributed by atoms with Crippen molar-refractivity contribution in [3.05, 3.63) is 71.8 Å². The lowest BCUT2D eigenvalue weighted by Crippen LogP contribution is -2.31. The molecule has 0 spiro atoms. The molecule has 3 aromatic carbocycles. The molecular formula is C29H32N8O2. The van der Waals surface area contributed by atoms with E-state index in [1.165, 1.54) is 0 Å². The molecule has 0 fully saturated rings. The van der Waals surface area contributed by atoms with Crippen LogP contribution in [0.25, 0.3) is 44.8 Å². The van der Waals surface area contributed by atoms with Gasteiger partial charge in [-0.2, -0.15) is 0 Å². The first-order valence-electron chi connectivity index (χ1n) is 12.9. The minimum Gasteiger partial charge on any atom is -0.351 e. The van der Waals surface area contributed by atoms with Crippen LogP contribution in [0.2, 0.25) is 0 Å². The van der Waals surface area contributed by atoms with Crippen LogP contribution in [0.1, 0.15) is 20.7 Å². The first-order valence-corrected chi connectivity index (χ1v) is 12.9. The van der Waals surface area contributed by atoms with E-state index >= 15 is 0 Å². The minimum atomic E-state index is -0.115. The van der Waals surface area contributed by atoms with E-state index in [1.54, 1.807) is 12.1 Å². The number of benzene rings is 3. The number of likely N-dealkylation sites (N-methyl/N-ethyl adjacent to an activating group) is 2. The summed E-state index contributed by atoms with van der Waals surface area (Å²) in [5.41, 5.74) is 6.21. The molecule has 0 unspecified atom stereocenters. The number of fused-ring (bicyclic) bond motifs is 2. The van der Waals surface area contributed by atoms with Crippen molar-refractivity contribution in [3.63, 3.8) is 0 Å². The van der Waals surface area contributed by atoms with Gasteiger partial charge in [0.1, 0.15) is 11.6 Å². The van der Waals surface area contributed by atoms with Crippen molar-refractivity contribution in [1.29, 1.82) is 0 Å². The van der Waals surface area contributed by atoms with Gasteiger partial charge in [0, 0.05) is 48.4 Å². The highest BCUT2D eigenvalue weighted by Gasteiger charge is 2.12. The number of hydrogen-bond donors (Lipinski definition) is 5. The van der Waals surface area contributed by atoms with Crippen molar-refractivity contribution >= 4 is 33.9 Å². The van der Waals surface area contributed by atoms with Crippen molar-refractivity contribution in [2.75, 3.05) is 47.3 Å². The average Bonchev–Trinajstić information content (AvgIpc) is 3.56. The number of H-pyrrole nitrogens is 2. The highest BCUT2D eigenvalue weighted by atomic mass is 16.2. The van der Waals surface area contributed by atoms with Crippen molar-refractivity contribution < 1.29 is 9.59 Å². The number of amides is 2. The van der Waals surface area contributed by atoms with Crippen LogP contribution in [0.4, 0.5) is 0 Å². The van der Waals surface area contributed by atoms with Crippen molar-refractivity contribution in [2.45, 2.75) is 0 Å². The summed E-state index contributed by atoms with van der Waals surface area (Å²) in [6.45, 7) is 2.64. The van der Waals surface area contributed by atoms with E-state index in [-0.39, 0.29) is 11.8 Å². The second kappa shape index (κ2) is 11.5. The molecular weight excluding hydrogens is 492 g/mol. The maximum atomic E-state index is 12.5. The largest absolute Gasteiger partial charge is 0.351 e. The van der Waals surface area contributed by atoms with Crippen LogP contribution in [0, 0.1) is 0 Å². The van der Waals surface area contributed by atoms with Crippen molar-refractivity contribution in [3.8, 4) is 22.8 Å². The van der Waals surface area contributed by atoms with Gasteiger partial charge in [-0.1, -0.05) is 24.3 Å². The molecule has 200 valence electrons. The number of carbonyl (C=O) groups excluding carboxylic acids is 2. The Hall–Kier alpha value is -4.54. The Morgan fingerprint density at radius 2 is 1.21 bits per heavy atom. The number of aromatic amines is 2. The Morgan fingerprint density at radius 3 is 1.67 bits per heavy atom. The van der Waals surface area contributed by atoms with Crippen LogP contribution in [0.3, 0.4) is 0 Å². The van der Waals surface area contributed by atoms with Crippen LogP contribution < -0.4 is 16.0 Å². The van der Waals surface area contributed by atoms with E-state index < -0.39 is 0 Å². The fourth-order valence-corrected chi connectivity index (χ4v) is 4.26. The Bertz CT molecular complexity index is 1620. The summed E-state index contributed by atoms with van der Waals surface area (Å²) in [4.78, 5) is 43.0. The standard InChI is InChI=1S/C29H32N8O2/c1-30-12-13-31-28(38)20-8-10-22-24(16-20)35-26(33-22)18-4-6-19(7-5-18)27-34-23-11-9-21(17-25(23)36-27)29(39)32-14-15-37(2)3/h4-11,16-17,30H,12-15H2,1-3H3,(H,31,38)(H,32,39)(H,33,35)(H,34,36). The molecule has 0 aliphatic rings. The predicted molar refractivity (Wildman–Crippen MR) is 154 cm³/mol. The van der Waals surface area contributed by atoms with E-state index in [2.05, 4.69) is 25.9 Å². The second-order valence-electron chi connectivity index (χ2n) is 9.63. The number of carbonyl (C=O) groups is 2. The Kier molecular flexibility index (Phi) is 7.67. The third-order valence-electron chi connectivity index (χ3n) is 6.43. The van der Waals surface area contributed by atoms with E-state index in [1.807, 2.05) is 74.6 Å². The Labute approximate surface area is 226 Å². The zero-order valence-electron chi connectivity index (χ0n) is 22.3. The van der Waals surface area contributed by atoms with Gasteiger partial charge < -0.3 is 30.8 Å². The molecule has 2 heterocycles. The second-order valence-corrected chi connectivity index (χ2v) is 9.63. The van der Waals surface area contributed by atoms with Gasteiger partial charge >= 0.3 is 0 Å². The molecule has 0 radical (unpaired) electrons. The minimum absolute atomic E-state index is 0.105. The van der Waals surface area contributed by atoms with Gasteiger partial charge in [-0.3, -0.25) is 9.59 Å². The maximum Gasteiger partial charge on any atom is 0.251 e. The zero-order valence-corrected chi connectivity index (χ0v) is 22.3. The first-order chi connectivity index (χ1) is 18.9. The highest BCUT2D eigenvalue weighted by Crippen LogP contribution is 2.26. The monoisotopic (exact) mass is 524 g/mol. The maximum absolute atomic E-state index is 12.5. The SMILES string of the molecule is CNCCNC(=O)c1ccc2nc(-c3ccc(-c4nc5ccc(C(=O)NCCN(C)C)cc5[nH]4)cc3)[nH]c2c1. The topological polar surface area (TPSA) is 131 Å². The Morgan fingerprint density at radius 1 is 0.718 bits per heavy atom. The zero-order chi connectivity index (χ0) is 27.4. The van der Waals surface area contributed by atoms with Gasteiger partial charge in [0.15, 0.2) is 0 Å². The molecule has 5 rings (SSSR count). The molecule has 5 aromatic rings. The number of hydrogen-bond acceptors (Lipinski definition) is 6. The fraction of sp³-hybridized carbons (Fsp3) is 0.241. The molecule has 0 bridgehead atoms. The van der Waals surface area contributed by atoms with Gasteiger partial charge in [0.25, 0.3) is 11.8 Å². The summed E-state index contributed by atoms with van der Waals surface area (Å²) in [6.07, 6.45) is 0. The molecule has 5 N–H and O–H groups in total. The van der Waals surface area contributed by atoms with E-state index in [4.69, 9.17) is 9.97 Å². The average molecular weight is 525 g/mol. The summed E-state index contributed by atoms with van der Waals surface area (Å²) in [5.74, 6) is 1.22. The lowest BCUT2D eigenvalue weighted by molar-refractivity contribution is 0.0944. The van der Waals surface area contributed by atoms with Crippen LogP contribution in [-0.2, 0) is 0 Å². The third kappa shape index (κ3) is 5.97. The molecule has 2 amide bonds. The molecule has 0 saturated heterocycles. The number of rotatable bonds is 10. The summed E-state index contributed by atoms with van der Waals surface area (Å²) < 4.78 is 0. The van der Waals surface area contributed by atoms with E-state index in [9.17, 15) is 9.59 Å². The summed E-state index contributed by atoms with van der Waals surface area (Å²) in [7, 11) is 5.79. The van der Waals surface area contributed by atoms with Crippen molar-refractivity contribution in [2.24, 2.45) is 0 Å². The van der Waals surface area contributed by atoms with Crippen molar-refractivity contribution in [1.82, 2.24) is 40.8 Å². The molecule has 39 heavy (non-hydrogen) atoms. The summed E-state index contributed by atoms with van der Waals surface area (Å²) >= 11 is 0. The van der Waals surface area contributed by atoms with Crippen LogP contribution in [-0.4, -0.2) is 84.0 Å². The smallest absolute Gasteiger partial charge is 0.251 e. The molecule has 0 aliphatic heterocycles. The molecule has 0 atom stereocenters. The molecule has 0 aliphatic carbocycles. The molecule has 0 saturated carbocycles. The number of imidazole rings is 2. The van der Waals surface area contributed by atoms with E-state index in [0.717, 1.165) is 51.4 Å². The quantitative estimate of drug-likeness (QED) is 0.179. The predicted octanol–water partition coefficient (Wildman–Crippen LogP) is 3.01. The first kappa shape index (κ1) is 26.1. The van der Waals surface area contributed by atoms with Crippen LogP contribution in [0.15, 0.2) is 60.7 Å². The lowest BCUT2D eigenvalue weighted by atomic mass is 10.1. The fourth-order valence-electron chi connectivity index (χ4n) is 4.26. The van der Waals surface area contributed by atoms with Gasteiger partial charge in [-0.15, -0.1) is 0 Å². The van der Waals surface area contributed by atoms with E-state index in [0.29, 0.717) is 30.8 Å². The summed E-state index contributed by atoms with van der Waals surface area (Å²) in [6, 6.07) is 18.9. The van der Waals surface area contributed by atoms with Crippen LogP contribution in [0.5, 0.6) is 0 Å². The molecule has 10 heteroatoms. The van der Waals surface area contributed by atoms with Gasteiger partial charge in [0.05, 0.1) is 22.1 Å². The lowest BCUT2D eigenvalue weighted by Gasteiger charge is -2.10. The van der Waals surface area contributed by atoms with Gasteiger partial charge in [-0.25, -0.2) is 9.97 Å².